The highest BCUT2D eigenvalue weighted by Gasteiger charge is 2.46. The first-order valence-corrected chi connectivity index (χ1v) is 26.0. The molecule has 0 spiro atoms. The summed E-state index contributed by atoms with van der Waals surface area (Å²) in [6, 6.07) is 5.79. The van der Waals surface area contributed by atoms with Crippen LogP contribution in [0.3, 0.4) is 0 Å². The number of ether oxygens (including phenoxy) is 3. The molecule has 0 radical (unpaired) electrons. The molecule has 2 aromatic carbocycles. The van der Waals surface area contributed by atoms with E-state index in [-0.39, 0.29) is 93.2 Å². The van der Waals surface area contributed by atoms with E-state index in [0.29, 0.717) is 51.9 Å². The number of cyclic esters (lactones) is 1. The van der Waals surface area contributed by atoms with E-state index in [9.17, 15) is 53.1 Å². The van der Waals surface area contributed by atoms with Crippen molar-refractivity contribution in [3.05, 3.63) is 104 Å². The Morgan fingerprint density at radius 3 is 2.26 bits per heavy atom. The number of imide groups is 1. The summed E-state index contributed by atoms with van der Waals surface area (Å²) in [7, 11) is 0. The van der Waals surface area contributed by atoms with Crippen LogP contribution >= 0.6 is 0 Å². The second-order valence-corrected chi connectivity index (χ2v) is 20.5. The summed E-state index contributed by atoms with van der Waals surface area (Å²) >= 11 is 0. The molecule has 8 amide bonds. The fourth-order valence-corrected chi connectivity index (χ4v) is 10.3. The van der Waals surface area contributed by atoms with Gasteiger partial charge in [0, 0.05) is 72.0 Å². The lowest BCUT2D eigenvalue weighted by atomic mass is 9.81. The molecule has 0 saturated carbocycles. The number of aryl methyl sites for hydroxylation is 1. The molecule has 25 nitrogen and oxygen atoms in total. The van der Waals surface area contributed by atoms with Gasteiger partial charge in [-0.25, -0.2) is 19.0 Å². The number of carbonyl (C=O) groups excluding carboxylic acids is 9. The van der Waals surface area contributed by atoms with Crippen LogP contribution in [0.25, 0.3) is 22.3 Å². The highest BCUT2D eigenvalue weighted by molar-refractivity contribution is 6.13. The van der Waals surface area contributed by atoms with E-state index in [1.54, 1.807) is 19.9 Å². The van der Waals surface area contributed by atoms with Gasteiger partial charge in [-0.1, -0.05) is 19.1 Å². The van der Waals surface area contributed by atoms with Crippen LogP contribution in [0.1, 0.15) is 105 Å². The van der Waals surface area contributed by atoms with Gasteiger partial charge in [0.15, 0.2) is 5.60 Å². The minimum atomic E-state index is -2.08. The van der Waals surface area contributed by atoms with Crippen LogP contribution in [-0.4, -0.2) is 140 Å². The average molecular weight is 1120 g/mol. The number of pyridine rings is 2. The number of aromatic nitrogens is 2. The summed E-state index contributed by atoms with van der Waals surface area (Å²) < 4.78 is 33.5. The number of rotatable bonds is 15. The highest BCUT2D eigenvalue weighted by Crippen LogP contribution is 2.46. The highest BCUT2D eigenvalue weighted by atomic mass is 19.1. The number of aliphatic hydroxyl groups is 1. The van der Waals surface area contributed by atoms with Crippen molar-refractivity contribution >= 4 is 76.5 Å². The van der Waals surface area contributed by atoms with Crippen molar-refractivity contribution in [3.8, 4) is 11.4 Å². The van der Waals surface area contributed by atoms with E-state index >= 15 is 4.39 Å². The van der Waals surface area contributed by atoms with Gasteiger partial charge in [0.25, 0.3) is 29.8 Å². The standard InChI is InChI=1S/C54H58FN9O14.CH2O2/c1-7-54(75)34-22-38-44-32(24-64(38)48(70)33(34)25-77-51(54)73)43-36(13-12-31-26(2)35(55)23-37(59-44)42(31)43)60-50(72)53(5,6)61-52(74)78-45(49(71)62-18-20-76-21-19-62)29-8-10-30(11-9-29)58-47(69)28(4)57-46(68)27(3)56-39(65)16-17-63-40(66)14-15-41(63)67;2-1-3/h8-11,14-15,22-23,27-28,36,45,75H,7,12-13,16-21,24-25H2,1-6H3,(H,56,65)(H,57,68)(H,58,69)(H,60,72)(H,61,74);1H,(H,2,3)/t27-,28-,36-,45?,54-;/m0./s1. The molecule has 26 heteroatoms. The summed E-state index contributed by atoms with van der Waals surface area (Å²) in [4.78, 5) is 147. The Morgan fingerprint density at radius 1 is 0.951 bits per heavy atom. The first kappa shape index (κ1) is 58.2. The molecule has 1 aliphatic carbocycles. The molecule has 81 heavy (non-hydrogen) atoms. The van der Waals surface area contributed by atoms with Crippen molar-refractivity contribution in [2.24, 2.45) is 0 Å². The second kappa shape index (κ2) is 23.4. The Bertz CT molecular complexity index is 3370. The van der Waals surface area contributed by atoms with Crippen LogP contribution in [-0.2, 0) is 82.5 Å². The quantitative estimate of drug-likeness (QED) is 0.0446. The molecule has 1 unspecified atom stereocenters. The molecular weight excluding hydrogens is 1060 g/mol. The van der Waals surface area contributed by atoms with Crippen molar-refractivity contribution in [1.82, 2.24) is 40.6 Å². The van der Waals surface area contributed by atoms with Crippen LogP contribution in [0.4, 0.5) is 14.9 Å². The van der Waals surface area contributed by atoms with E-state index in [1.165, 1.54) is 67.5 Å². The van der Waals surface area contributed by atoms with E-state index in [0.717, 1.165) is 17.1 Å². The van der Waals surface area contributed by atoms with Gasteiger partial charge in [0.2, 0.25) is 29.7 Å². The molecule has 6 heterocycles. The second-order valence-electron chi connectivity index (χ2n) is 20.5. The summed E-state index contributed by atoms with van der Waals surface area (Å²) in [6.07, 6.45) is -0.135. The summed E-state index contributed by atoms with van der Waals surface area (Å²) in [5.41, 5.74) is -0.427. The molecule has 1 saturated heterocycles. The molecule has 7 N–H and O–H groups in total. The monoisotopic (exact) mass is 1120 g/mol. The first-order valence-electron chi connectivity index (χ1n) is 26.0. The summed E-state index contributed by atoms with van der Waals surface area (Å²) in [5, 5.41) is 32.3. The molecule has 5 aliphatic rings. The number of benzene rings is 2. The number of fused-ring (bicyclic) bond motifs is 5. The van der Waals surface area contributed by atoms with E-state index in [2.05, 4.69) is 26.6 Å². The van der Waals surface area contributed by atoms with E-state index in [4.69, 9.17) is 29.1 Å². The van der Waals surface area contributed by atoms with Crippen LogP contribution < -0.4 is 32.1 Å². The van der Waals surface area contributed by atoms with Gasteiger partial charge in [-0.3, -0.25) is 48.1 Å². The van der Waals surface area contributed by atoms with Gasteiger partial charge in [-0.2, -0.15) is 0 Å². The maximum Gasteiger partial charge on any atom is 0.409 e. The van der Waals surface area contributed by atoms with Crippen LogP contribution in [0.5, 0.6) is 0 Å². The molecule has 4 aliphatic heterocycles. The number of hydrogen-bond acceptors (Lipinski definition) is 16. The fourth-order valence-electron chi connectivity index (χ4n) is 10.3. The van der Waals surface area contributed by atoms with Gasteiger partial charge in [-0.05, 0) is 88.8 Å². The van der Waals surface area contributed by atoms with E-state index in [1.807, 2.05) is 0 Å². The van der Waals surface area contributed by atoms with Gasteiger partial charge in [-0.15, -0.1) is 0 Å². The van der Waals surface area contributed by atoms with Crippen molar-refractivity contribution in [2.45, 2.75) is 116 Å². The predicted molar refractivity (Wildman–Crippen MR) is 282 cm³/mol. The topological polar surface area (TPSA) is 340 Å². The number of anilines is 1. The SMILES string of the molecule is CC[C@@]1(O)C(=O)OCc2c1cc1n(c2=O)Cc2c-1nc1cc(F)c(C)c3c1c2[C@@H](NC(=O)C(C)(C)NC(=O)OC(C(=O)N1CCOCC1)c1ccc(NC(=O)[C@H](C)NC(=O)[C@H](C)NC(=O)CCN2C(=O)C=CC2=O)cc1)CC3.O=CO. The molecule has 9 rings (SSSR count). The lowest BCUT2D eigenvalue weighted by molar-refractivity contribution is -0.172. The number of esters is 1. The minimum absolute atomic E-state index is 0.00564. The van der Waals surface area contributed by atoms with E-state index < -0.39 is 100 Å². The van der Waals surface area contributed by atoms with Crippen molar-refractivity contribution in [1.29, 1.82) is 0 Å². The van der Waals surface area contributed by atoms with Crippen LogP contribution in [0, 0.1) is 12.7 Å². The maximum atomic E-state index is 15.6. The lowest BCUT2D eigenvalue weighted by Gasteiger charge is -2.33. The van der Waals surface area contributed by atoms with Crippen molar-refractivity contribution in [3.63, 3.8) is 0 Å². The van der Waals surface area contributed by atoms with Crippen molar-refractivity contribution in [2.75, 3.05) is 38.2 Å². The number of morpholine rings is 1. The normalized spacial score (nSPS) is 18.9. The number of halogens is 1. The molecule has 4 aromatic rings. The third-order valence-electron chi connectivity index (χ3n) is 14.9. The zero-order valence-corrected chi connectivity index (χ0v) is 45.1. The third kappa shape index (κ3) is 11.6. The Kier molecular flexibility index (Phi) is 16.8. The largest absolute Gasteiger partial charge is 0.483 e. The number of alkyl carbamates (subject to hydrolysis) is 1. The smallest absolute Gasteiger partial charge is 0.409 e. The lowest BCUT2D eigenvalue weighted by Crippen LogP contribution is -2.56. The Hall–Kier alpha value is -8.91. The number of nitrogens with zero attached hydrogens (tertiary/aromatic N) is 4. The molecule has 2 aromatic heterocycles. The number of amides is 8. The zero-order chi connectivity index (χ0) is 58.8. The van der Waals surface area contributed by atoms with Gasteiger partial charge < -0.3 is 60.5 Å². The Labute approximate surface area is 461 Å². The fraction of sp³-hybridized carbons (Fsp3) is 0.418. The summed E-state index contributed by atoms with van der Waals surface area (Å²) in [5.74, 6) is -5.61. The predicted octanol–water partition coefficient (Wildman–Crippen LogP) is 1.70. The summed E-state index contributed by atoms with van der Waals surface area (Å²) in [6.45, 7) is 9.09. The minimum Gasteiger partial charge on any atom is -0.483 e. The molecular formula is C55H60FN9O16. The maximum absolute atomic E-state index is 15.6. The van der Waals surface area contributed by atoms with Crippen LogP contribution in [0.15, 0.2) is 53.3 Å². The Morgan fingerprint density at radius 2 is 1.60 bits per heavy atom. The number of carboxylic acid groups (broad SMARTS) is 1. The third-order valence-corrected chi connectivity index (χ3v) is 14.9. The number of carbonyl (C=O) groups is 10. The van der Waals surface area contributed by atoms with Gasteiger partial charge in [0.1, 0.15) is 30.0 Å². The number of nitrogens with one attached hydrogen (secondary N) is 5. The van der Waals surface area contributed by atoms with Crippen LogP contribution in [0.2, 0.25) is 0 Å². The van der Waals surface area contributed by atoms with Gasteiger partial charge >= 0.3 is 12.1 Å². The Balaban J connectivity index is 0.00000281. The zero-order valence-electron chi connectivity index (χ0n) is 45.1. The first-order chi connectivity index (χ1) is 38.4. The molecule has 1 fully saturated rings. The molecule has 428 valence electrons. The van der Waals surface area contributed by atoms with Gasteiger partial charge in [0.05, 0.1) is 48.3 Å². The molecule has 5 atom stereocenters. The number of hydrogen-bond donors (Lipinski definition) is 7. The average Bonchev–Trinajstić information content (AvgIpc) is 3.29. The molecule has 0 bridgehead atoms. The van der Waals surface area contributed by atoms with Crippen molar-refractivity contribution < 1.29 is 76.8 Å².